The van der Waals surface area contributed by atoms with E-state index in [1.807, 2.05) is 0 Å². The minimum absolute atomic E-state index is 0.122. The lowest BCUT2D eigenvalue weighted by molar-refractivity contribution is -0.0505. The lowest BCUT2D eigenvalue weighted by atomic mass is 9.82. The van der Waals surface area contributed by atoms with Crippen molar-refractivity contribution in [2.24, 2.45) is 5.41 Å². The van der Waals surface area contributed by atoms with Crippen LogP contribution >= 0.6 is 11.6 Å². The zero-order valence-electron chi connectivity index (χ0n) is 13.3. The Kier molecular flexibility index (Phi) is 6.00. The van der Waals surface area contributed by atoms with E-state index in [0.29, 0.717) is 17.1 Å². The van der Waals surface area contributed by atoms with Crippen molar-refractivity contribution in [3.05, 3.63) is 28.8 Å². The molecule has 0 aliphatic rings. The summed E-state index contributed by atoms with van der Waals surface area (Å²) >= 11 is 5.94. The molecule has 0 aliphatic heterocycles. The van der Waals surface area contributed by atoms with E-state index in [0.717, 1.165) is 6.42 Å². The van der Waals surface area contributed by atoms with Gasteiger partial charge >= 0.3 is 6.61 Å². The molecule has 0 fully saturated rings. The van der Waals surface area contributed by atoms with Crippen LogP contribution in [0.2, 0.25) is 5.02 Å². The summed E-state index contributed by atoms with van der Waals surface area (Å²) < 4.78 is 29.4. The third kappa shape index (κ3) is 7.09. The van der Waals surface area contributed by atoms with Gasteiger partial charge in [-0.3, -0.25) is 0 Å². The molecule has 1 aromatic carbocycles. The summed E-state index contributed by atoms with van der Waals surface area (Å²) in [6.45, 7) is 8.27. The largest absolute Gasteiger partial charge is 0.434 e. The summed E-state index contributed by atoms with van der Waals surface area (Å²) in [6.07, 6.45) is 0.950. The monoisotopic (exact) mass is 319 g/mol. The fourth-order valence-corrected chi connectivity index (χ4v) is 2.81. The van der Waals surface area contributed by atoms with Crippen LogP contribution in [0.15, 0.2) is 18.2 Å². The van der Waals surface area contributed by atoms with E-state index in [1.54, 1.807) is 12.1 Å². The van der Waals surface area contributed by atoms with Crippen molar-refractivity contribution < 1.29 is 13.5 Å². The van der Waals surface area contributed by atoms with Crippen LogP contribution in [0.25, 0.3) is 0 Å². The summed E-state index contributed by atoms with van der Waals surface area (Å²) in [7, 11) is 0. The van der Waals surface area contributed by atoms with Crippen LogP contribution in [0, 0.1) is 5.41 Å². The molecule has 0 bridgehead atoms. The van der Waals surface area contributed by atoms with Crippen LogP contribution in [0.3, 0.4) is 0 Å². The van der Waals surface area contributed by atoms with Crippen molar-refractivity contribution in [1.29, 1.82) is 0 Å². The summed E-state index contributed by atoms with van der Waals surface area (Å²) in [6, 6.07) is 4.67. The number of alkyl halides is 2. The number of ether oxygens (including phenoxy) is 1. The van der Waals surface area contributed by atoms with Crippen molar-refractivity contribution in [2.45, 2.75) is 59.7 Å². The van der Waals surface area contributed by atoms with Crippen molar-refractivity contribution >= 4 is 11.6 Å². The Morgan fingerprint density at radius 1 is 1.19 bits per heavy atom. The minimum Gasteiger partial charge on any atom is -0.434 e. The van der Waals surface area contributed by atoms with Gasteiger partial charge in [-0.05, 0) is 43.9 Å². The highest BCUT2D eigenvalue weighted by atomic mass is 35.5. The molecule has 0 radical (unpaired) electrons. The van der Waals surface area contributed by atoms with Crippen LogP contribution in [0.1, 0.15) is 46.6 Å². The molecule has 1 aromatic rings. The molecule has 0 amide bonds. The maximum Gasteiger partial charge on any atom is 0.387 e. The van der Waals surface area contributed by atoms with E-state index in [1.165, 1.54) is 6.07 Å². The second-order valence-corrected chi connectivity index (χ2v) is 7.54. The predicted octanol–water partition coefficient (Wildman–Crippen LogP) is 5.25. The van der Waals surface area contributed by atoms with Gasteiger partial charge in [0.15, 0.2) is 0 Å². The molecule has 1 N–H and O–H groups in total. The first-order valence-electron chi connectivity index (χ1n) is 6.97. The lowest BCUT2D eigenvalue weighted by Gasteiger charge is -2.33. The van der Waals surface area contributed by atoms with Gasteiger partial charge in [0.2, 0.25) is 0 Å². The van der Waals surface area contributed by atoms with Gasteiger partial charge in [-0.25, -0.2) is 0 Å². The third-order valence-corrected chi connectivity index (χ3v) is 3.20. The Morgan fingerprint density at radius 3 is 2.33 bits per heavy atom. The second-order valence-electron chi connectivity index (χ2n) is 7.11. The number of halogens is 3. The minimum atomic E-state index is -2.84. The Labute approximate surface area is 130 Å². The van der Waals surface area contributed by atoms with Crippen molar-refractivity contribution in [2.75, 3.05) is 0 Å². The van der Waals surface area contributed by atoms with Crippen LogP contribution < -0.4 is 10.1 Å². The molecule has 0 heterocycles. The molecular weight excluding hydrogens is 296 g/mol. The van der Waals surface area contributed by atoms with Gasteiger partial charge < -0.3 is 10.1 Å². The highest BCUT2D eigenvalue weighted by Crippen LogP contribution is 2.29. The van der Waals surface area contributed by atoms with Crippen molar-refractivity contribution in [3.63, 3.8) is 0 Å². The van der Waals surface area contributed by atoms with Crippen molar-refractivity contribution in [3.8, 4) is 5.75 Å². The van der Waals surface area contributed by atoms with Crippen LogP contribution in [0.4, 0.5) is 8.78 Å². The average Bonchev–Trinajstić information content (AvgIpc) is 2.26. The Bertz CT molecular complexity index is 470. The first-order chi connectivity index (χ1) is 9.48. The molecule has 2 nitrogen and oxygen atoms in total. The lowest BCUT2D eigenvalue weighted by Crippen LogP contribution is -2.41. The van der Waals surface area contributed by atoms with Crippen LogP contribution in [-0.4, -0.2) is 12.2 Å². The molecule has 0 spiro atoms. The molecule has 0 unspecified atom stereocenters. The summed E-state index contributed by atoms with van der Waals surface area (Å²) in [5.74, 6) is 0.161. The number of hydrogen-bond donors (Lipinski definition) is 1. The number of hydrogen-bond acceptors (Lipinski definition) is 2. The first kappa shape index (κ1) is 18.2. The topological polar surface area (TPSA) is 21.3 Å². The van der Waals surface area contributed by atoms with Crippen molar-refractivity contribution in [1.82, 2.24) is 5.32 Å². The van der Waals surface area contributed by atoms with E-state index in [-0.39, 0.29) is 16.7 Å². The molecule has 1 rings (SSSR count). The highest BCUT2D eigenvalue weighted by Gasteiger charge is 2.25. The molecule has 0 aliphatic carbocycles. The Balaban J connectivity index is 2.80. The van der Waals surface area contributed by atoms with Gasteiger partial charge in [0, 0.05) is 22.7 Å². The predicted molar refractivity (Wildman–Crippen MR) is 83.1 cm³/mol. The molecule has 0 atom stereocenters. The van der Waals surface area contributed by atoms with Crippen LogP contribution in [0.5, 0.6) is 5.75 Å². The molecule has 21 heavy (non-hydrogen) atoms. The summed E-state index contributed by atoms with van der Waals surface area (Å²) in [5, 5.41) is 3.89. The smallest absolute Gasteiger partial charge is 0.387 e. The van der Waals surface area contributed by atoms with Gasteiger partial charge in [-0.2, -0.15) is 8.78 Å². The maximum absolute atomic E-state index is 12.4. The first-order valence-corrected chi connectivity index (χ1v) is 7.35. The highest BCUT2D eigenvalue weighted by molar-refractivity contribution is 6.30. The molecule has 120 valence electrons. The standard InChI is InChI=1S/C16H24ClF2NO/c1-15(2,3)10-16(4,5)20-9-11-8-12(17)6-7-13(11)21-14(18)19/h6-8,14,20H,9-10H2,1-5H3. The maximum atomic E-state index is 12.4. The third-order valence-electron chi connectivity index (χ3n) is 2.97. The van der Waals surface area contributed by atoms with Gasteiger partial charge in [-0.1, -0.05) is 32.4 Å². The normalized spacial score (nSPS) is 12.8. The Morgan fingerprint density at radius 2 is 1.81 bits per heavy atom. The zero-order chi connectivity index (χ0) is 16.3. The number of benzene rings is 1. The van der Waals surface area contributed by atoms with Crippen LogP contribution in [-0.2, 0) is 6.54 Å². The molecule has 0 aromatic heterocycles. The molecule has 0 saturated heterocycles. The second kappa shape index (κ2) is 6.93. The summed E-state index contributed by atoms with van der Waals surface area (Å²) in [4.78, 5) is 0. The number of rotatable bonds is 6. The average molecular weight is 320 g/mol. The molecular formula is C16H24ClF2NO. The summed E-state index contributed by atoms with van der Waals surface area (Å²) in [5.41, 5.74) is 0.681. The van der Waals surface area contributed by atoms with Gasteiger partial charge in [0.05, 0.1) is 0 Å². The molecule has 0 saturated carbocycles. The number of nitrogens with one attached hydrogen (secondary N) is 1. The fraction of sp³-hybridized carbons (Fsp3) is 0.625. The quantitative estimate of drug-likeness (QED) is 0.773. The van der Waals surface area contributed by atoms with E-state index < -0.39 is 6.61 Å². The van der Waals surface area contributed by atoms with E-state index in [2.05, 4.69) is 44.7 Å². The van der Waals surface area contributed by atoms with E-state index in [9.17, 15) is 8.78 Å². The van der Waals surface area contributed by atoms with Gasteiger partial charge in [0.25, 0.3) is 0 Å². The Hall–Kier alpha value is -0.870. The van der Waals surface area contributed by atoms with Gasteiger partial charge in [0.1, 0.15) is 5.75 Å². The van der Waals surface area contributed by atoms with E-state index >= 15 is 0 Å². The zero-order valence-corrected chi connectivity index (χ0v) is 14.0. The fourth-order valence-electron chi connectivity index (χ4n) is 2.62. The van der Waals surface area contributed by atoms with E-state index in [4.69, 9.17) is 11.6 Å². The molecule has 5 heteroatoms. The van der Waals surface area contributed by atoms with Gasteiger partial charge in [-0.15, -0.1) is 0 Å². The SMILES string of the molecule is CC(C)(C)CC(C)(C)NCc1cc(Cl)ccc1OC(F)F.